The minimum Gasteiger partial charge on any atom is -0.478 e. The molecule has 0 fully saturated rings. The number of carbonyl (C=O) groups is 1. The lowest BCUT2D eigenvalue weighted by molar-refractivity contribution is 0.0697. The molecule has 0 aromatic heterocycles. The van der Waals surface area contributed by atoms with Gasteiger partial charge in [-0.25, -0.2) is 9.18 Å². The molecule has 1 aromatic carbocycles. The van der Waals surface area contributed by atoms with Crippen LogP contribution in [0, 0.1) is 17.7 Å². The lowest BCUT2D eigenvalue weighted by Crippen LogP contribution is -2.08. The number of halogens is 1. The number of carboxylic acid groups (broad SMARTS) is 1. The van der Waals surface area contributed by atoms with E-state index in [9.17, 15) is 9.18 Å². The van der Waals surface area contributed by atoms with Crippen LogP contribution in [0.1, 0.15) is 17.3 Å². The SMILES string of the molecule is CC#CCNc1c(F)cccc1C(=O)O. The Morgan fingerprint density at radius 3 is 2.93 bits per heavy atom. The van der Waals surface area contributed by atoms with E-state index < -0.39 is 11.8 Å². The highest BCUT2D eigenvalue weighted by atomic mass is 19.1. The minimum atomic E-state index is -1.17. The molecule has 15 heavy (non-hydrogen) atoms. The van der Waals surface area contributed by atoms with E-state index in [1.165, 1.54) is 18.2 Å². The van der Waals surface area contributed by atoms with Crippen molar-refractivity contribution in [1.29, 1.82) is 0 Å². The van der Waals surface area contributed by atoms with Crippen LogP contribution in [-0.2, 0) is 0 Å². The Bertz CT molecular complexity index is 432. The highest BCUT2D eigenvalue weighted by Gasteiger charge is 2.12. The van der Waals surface area contributed by atoms with Crippen molar-refractivity contribution in [2.75, 3.05) is 11.9 Å². The summed E-state index contributed by atoms with van der Waals surface area (Å²) in [5.74, 6) is 3.54. The second-order valence-corrected chi connectivity index (χ2v) is 2.75. The molecular weight excluding hydrogens is 197 g/mol. The number of benzene rings is 1. The van der Waals surface area contributed by atoms with Gasteiger partial charge < -0.3 is 10.4 Å². The molecule has 0 spiro atoms. The molecule has 0 unspecified atom stereocenters. The van der Waals surface area contributed by atoms with Gasteiger partial charge >= 0.3 is 5.97 Å². The molecule has 0 saturated carbocycles. The van der Waals surface area contributed by atoms with Gasteiger partial charge in [0.1, 0.15) is 5.82 Å². The fourth-order valence-corrected chi connectivity index (χ4v) is 1.10. The zero-order chi connectivity index (χ0) is 11.3. The summed E-state index contributed by atoms with van der Waals surface area (Å²) in [5, 5.41) is 11.4. The highest BCUT2D eigenvalue weighted by molar-refractivity contribution is 5.94. The first-order valence-electron chi connectivity index (χ1n) is 4.32. The largest absolute Gasteiger partial charge is 0.478 e. The number of carboxylic acids is 1. The van der Waals surface area contributed by atoms with E-state index in [0.717, 1.165) is 0 Å². The third-order valence-electron chi connectivity index (χ3n) is 1.77. The van der Waals surface area contributed by atoms with Crippen LogP contribution < -0.4 is 5.32 Å². The predicted molar refractivity (Wildman–Crippen MR) is 55.3 cm³/mol. The van der Waals surface area contributed by atoms with Gasteiger partial charge in [-0.15, -0.1) is 5.92 Å². The fraction of sp³-hybridized carbons (Fsp3) is 0.182. The molecule has 0 atom stereocenters. The first-order valence-corrected chi connectivity index (χ1v) is 4.32. The van der Waals surface area contributed by atoms with E-state index >= 15 is 0 Å². The molecular formula is C11H10FNO2. The van der Waals surface area contributed by atoms with Gasteiger partial charge in [0.05, 0.1) is 17.8 Å². The second-order valence-electron chi connectivity index (χ2n) is 2.75. The van der Waals surface area contributed by atoms with Crippen molar-refractivity contribution in [3.05, 3.63) is 29.6 Å². The number of hydrogen-bond acceptors (Lipinski definition) is 2. The van der Waals surface area contributed by atoms with Crippen LogP contribution in [0.5, 0.6) is 0 Å². The molecule has 0 heterocycles. The average Bonchev–Trinajstić information content (AvgIpc) is 2.20. The van der Waals surface area contributed by atoms with Crippen molar-refractivity contribution in [2.24, 2.45) is 0 Å². The standard InChI is InChI=1S/C11H10FNO2/c1-2-3-7-13-10-8(11(14)15)5-4-6-9(10)12/h4-6,13H,7H2,1H3,(H,14,15). The zero-order valence-electron chi connectivity index (χ0n) is 8.17. The smallest absolute Gasteiger partial charge is 0.337 e. The Morgan fingerprint density at radius 2 is 2.33 bits per heavy atom. The number of nitrogens with one attached hydrogen (secondary N) is 1. The molecule has 3 nitrogen and oxygen atoms in total. The number of hydrogen-bond donors (Lipinski definition) is 2. The van der Waals surface area contributed by atoms with E-state index in [4.69, 9.17) is 5.11 Å². The summed E-state index contributed by atoms with van der Waals surface area (Å²) in [6.45, 7) is 1.87. The van der Waals surface area contributed by atoms with Crippen molar-refractivity contribution >= 4 is 11.7 Å². The van der Waals surface area contributed by atoms with Crippen molar-refractivity contribution < 1.29 is 14.3 Å². The third-order valence-corrected chi connectivity index (χ3v) is 1.77. The fourth-order valence-electron chi connectivity index (χ4n) is 1.10. The van der Waals surface area contributed by atoms with Gasteiger partial charge in [-0.1, -0.05) is 12.0 Å². The zero-order valence-corrected chi connectivity index (χ0v) is 8.17. The maximum atomic E-state index is 13.3. The minimum absolute atomic E-state index is 0.0206. The van der Waals surface area contributed by atoms with E-state index in [2.05, 4.69) is 17.2 Å². The van der Waals surface area contributed by atoms with Crippen LogP contribution in [0.4, 0.5) is 10.1 Å². The van der Waals surface area contributed by atoms with Crippen LogP contribution >= 0.6 is 0 Å². The summed E-state index contributed by atoms with van der Waals surface area (Å²) in [5.41, 5.74) is -0.111. The first kappa shape index (κ1) is 11.1. The summed E-state index contributed by atoms with van der Waals surface area (Å²) in [7, 11) is 0. The van der Waals surface area contributed by atoms with Crippen molar-refractivity contribution in [3.8, 4) is 11.8 Å². The molecule has 0 aliphatic heterocycles. The van der Waals surface area contributed by atoms with Gasteiger partial charge in [0.25, 0.3) is 0 Å². The molecule has 0 aliphatic carbocycles. The second kappa shape index (κ2) is 5.01. The van der Waals surface area contributed by atoms with Gasteiger partial charge in [-0.2, -0.15) is 0 Å². The van der Waals surface area contributed by atoms with Crippen LogP contribution in [-0.4, -0.2) is 17.6 Å². The number of para-hydroxylation sites is 1. The molecule has 0 saturated heterocycles. The van der Waals surface area contributed by atoms with Crippen molar-refractivity contribution in [3.63, 3.8) is 0 Å². The quantitative estimate of drug-likeness (QED) is 0.745. The van der Waals surface area contributed by atoms with E-state index in [-0.39, 0.29) is 17.8 Å². The summed E-state index contributed by atoms with van der Waals surface area (Å²) < 4.78 is 13.3. The summed E-state index contributed by atoms with van der Waals surface area (Å²) in [4.78, 5) is 10.8. The Balaban J connectivity index is 3.00. The Hall–Kier alpha value is -2.02. The molecule has 1 rings (SSSR count). The first-order chi connectivity index (χ1) is 7.16. The Morgan fingerprint density at radius 1 is 1.60 bits per heavy atom. The molecule has 0 aliphatic rings. The molecule has 4 heteroatoms. The molecule has 0 amide bonds. The topological polar surface area (TPSA) is 49.3 Å². The number of rotatable bonds is 3. The van der Waals surface area contributed by atoms with Gasteiger partial charge in [-0.3, -0.25) is 0 Å². The van der Waals surface area contributed by atoms with Crippen molar-refractivity contribution in [2.45, 2.75) is 6.92 Å². The van der Waals surface area contributed by atoms with Crippen molar-refractivity contribution in [1.82, 2.24) is 0 Å². The third kappa shape index (κ3) is 2.71. The molecule has 0 bridgehead atoms. The molecule has 0 radical (unpaired) electrons. The van der Waals surface area contributed by atoms with Crippen LogP contribution in [0.2, 0.25) is 0 Å². The van der Waals surface area contributed by atoms with Gasteiger partial charge in [-0.05, 0) is 19.1 Å². The molecule has 2 N–H and O–H groups in total. The lowest BCUT2D eigenvalue weighted by Gasteiger charge is -2.07. The highest BCUT2D eigenvalue weighted by Crippen LogP contribution is 2.19. The summed E-state index contributed by atoms with van der Waals surface area (Å²) in [6, 6.07) is 3.90. The number of anilines is 1. The van der Waals surface area contributed by atoms with E-state index in [1.807, 2.05) is 0 Å². The van der Waals surface area contributed by atoms with E-state index in [1.54, 1.807) is 6.92 Å². The maximum absolute atomic E-state index is 13.3. The molecule has 1 aromatic rings. The van der Waals surface area contributed by atoms with Gasteiger partial charge in [0, 0.05) is 0 Å². The van der Waals surface area contributed by atoms with Crippen LogP contribution in [0.25, 0.3) is 0 Å². The maximum Gasteiger partial charge on any atom is 0.337 e. The lowest BCUT2D eigenvalue weighted by atomic mass is 10.1. The average molecular weight is 207 g/mol. The summed E-state index contributed by atoms with van der Waals surface area (Å²) >= 11 is 0. The van der Waals surface area contributed by atoms with E-state index in [0.29, 0.717) is 0 Å². The monoisotopic (exact) mass is 207 g/mol. The van der Waals surface area contributed by atoms with Gasteiger partial charge in [0.15, 0.2) is 0 Å². The normalized spacial score (nSPS) is 8.93. The molecule has 78 valence electrons. The Labute approximate surface area is 86.9 Å². The van der Waals surface area contributed by atoms with Gasteiger partial charge in [0.2, 0.25) is 0 Å². The predicted octanol–water partition coefficient (Wildman–Crippen LogP) is 1.96. The Kier molecular flexibility index (Phi) is 3.69. The van der Waals surface area contributed by atoms with Crippen LogP contribution in [0.3, 0.4) is 0 Å². The number of aromatic carboxylic acids is 1. The van der Waals surface area contributed by atoms with Crippen LogP contribution in [0.15, 0.2) is 18.2 Å². The summed E-state index contributed by atoms with van der Waals surface area (Å²) in [6.07, 6.45) is 0.